The van der Waals surface area contributed by atoms with Crippen LogP contribution in [0.3, 0.4) is 0 Å². The van der Waals surface area contributed by atoms with Gasteiger partial charge in [-0.3, -0.25) is 15.0 Å². The van der Waals surface area contributed by atoms with Gasteiger partial charge in [0.1, 0.15) is 11.7 Å². The number of fused-ring (bicyclic) bond motifs is 8. The topological polar surface area (TPSA) is 83.6 Å². The number of nitrogens with zero attached hydrogens (tertiary/aromatic N) is 5. The molecule has 8 nitrogen and oxygen atoms in total. The molecule has 2 bridgehead atoms. The molecule has 0 aromatic heterocycles. The number of nitro groups is 1. The van der Waals surface area contributed by atoms with Crippen LogP contribution in [-0.2, 0) is 4.74 Å². The average Bonchev–Trinajstić information content (AvgIpc) is 3.46. The van der Waals surface area contributed by atoms with Gasteiger partial charge in [-0.05, 0) is 42.7 Å². The Morgan fingerprint density at radius 2 is 1.96 bits per heavy atom. The van der Waals surface area contributed by atoms with Crippen LogP contribution in [0.25, 0.3) is 0 Å². The van der Waals surface area contributed by atoms with E-state index in [-0.39, 0.29) is 22.3 Å². The highest BCUT2D eigenvalue weighted by Crippen LogP contribution is 2.66. The minimum Gasteiger partial charge on any atom is -0.379 e. The second-order valence-electron chi connectivity index (χ2n) is 8.53. The molecular weight excluding hydrogens is 358 g/mol. The minimum atomic E-state index is -0.360. The predicted molar refractivity (Wildman–Crippen MR) is 102 cm³/mol. The maximum absolute atomic E-state index is 11.1. The quantitative estimate of drug-likeness (QED) is 0.457. The number of hydrogen-bond acceptors (Lipinski definition) is 7. The van der Waals surface area contributed by atoms with Gasteiger partial charge < -0.3 is 4.74 Å². The lowest BCUT2D eigenvalue weighted by Gasteiger charge is -2.53. The van der Waals surface area contributed by atoms with Crippen LogP contribution in [0.15, 0.2) is 46.8 Å². The van der Waals surface area contributed by atoms with E-state index in [9.17, 15) is 10.1 Å². The first-order valence-electron chi connectivity index (χ1n) is 10.2. The van der Waals surface area contributed by atoms with E-state index in [4.69, 9.17) is 9.85 Å². The lowest BCUT2D eigenvalue weighted by molar-refractivity contribution is -0.384. The zero-order valence-corrected chi connectivity index (χ0v) is 15.6. The van der Waals surface area contributed by atoms with Gasteiger partial charge in [0, 0.05) is 31.1 Å². The summed E-state index contributed by atoms with van der Waals surface area (Å²) in [5.74, 6) is 2.29. The molecule has 2 saturated carbocycles. The van der Waals surface area contributed by atoms with Crippen molar-refractivity contribution in [3.8, 4) is 0 Å². The van der Waals surface area contributed by atoms with E-state index < -0.39 is 0 Å². The van der Waals surface area contributed by atoms with Crippen molar-refractivity contribution in [2.75, 3.05) is 31.3 Å². The molecular formula is C20H23N5O3. The van der Waals surface area contributed by atoms with Gasteiger partial charge in [0.25, 0.3) is 5.69 Å². The Kier molecular flexibility index (Phi) is 3.47. The summed E-state index contributed by atoms with van der Waals surface area (Å²) in [4.78, 5) is 13.3. The third-order valence-electron chi connectivity index (χ3n) is 7.62. The van der Waals surface area contributed by atoms with Crippen LogP contribution in [0.4, 0.5) is 11.4 Å². The Hall–Kier alpha value is -2.32. The van der Waals surface area contributed by atoms with Crippen molar-refractivity contribution < 1.29 is 9.66 Å². The molecule has 6 atom stereocenters. The zero-order valence-electron chi connectivity index (χ0n) is 15.6. The Morgan fingerprint density at radius 3 is 2.71 bits per heavy atom. The fourth-order valence-corrected chi connectivity index (χ4v) is 6.65. The standard InChI is InChI=1S/C20H23N5O3/c26-25(27)14-6-4-13(5-7-14)24-20(23-8-10-28-11-9-23)18-12-17(19(20)21-22-24)15-2-1-3-16(15)18/h1,3-7,15-19H,2,8-12H2/t15-,16+,17+,18-,19+,20-/m0/s1. The zero-order chi connectivity index (χ0) is 18.9. The number of allylic oxidation sites excluding steroid dienone is 2. The first kappa shape index (κ1) is 16.6. The van der Waals surface area contributed by atoms with Crippen molar-refractivity contribution in [1.29, 1.82) is 0 Å². The van der Waals surface area contributed by atoms with Crippen molar-refractivity contribution in [2.45, 2.75) is 24.5 Å². The van der Waals surface area contributed by atoms with Crippen LogP contribution in [0.5, 0.6) is 0 Å². The number of anilines is 1. The summed E-state index contributed by atoms with van der Waals surface area (Å²) in [5, 5.41) is 22.6. The normalized spacial score (nSPS) is 40.9. The van der Waals surface area contributed by atoms with Gasteiger partial charge in [0.2, 0.25) is 0 Å². The second-order valence-corrected chi connectivity index (χ2v) is 8.53. The molecule has 8 heteroatoms. The van der Waals surface area contributed by atoms with E-state index in [1.54, 1.807) is 12.1 Å². The van der Waals surface area contributed by atoms with E-state index in [2.05, 4.69) is 27.3 Å². The summed E-state index contributed by atoms with van der Waals surface area (Å²) >= 11 is 0. The highest BCUT2D eigenvalue weighted by atomic mass is 16.6. The third kappa shape index (κ3) is 1.97. The van der Waals surface area contributed by atoms with Crippen LogP contribution in [0.1, 0.15) is 12.8 Å². The molecule has 5 aliphatic rings. The van der Waals surface area contributed by atoms with Gasteiger partial charge >= 0.3 is 0 Å². The summed E-state index contributed by atoms with van der Waals surface area (Å²) in [7, 11) is 0. The third-order valence-corrected chi connectivity index (χ3v) is 7.62. The maximum Gasteiger partial charge on any atom is 0.269 e. The smallest absolute Gasteiger partial charge is 0.269 e. The average molecular weight is 381 g/mol. The van der Waals surface area contributed by atoms with Crippen molar-refractivity contribution in [3.63, 3.8) is 0 Å². The fourth-order valence-electron chi connectivity index (χ4n) is 6.65. The van der Waals surface area contributed by atoms with E-state index in [1.165, 1.54) is 6.42 Å². The number of ether oxygens (including phenoxy) is 1. The molecule has 3 aliphatic carbocycles. The molecule has 0 N–H and O–H groups in total. The van der Waals surface area contributed by atoms with E-state index in [0.29, 0.717) is 23.7 Å². The van der Waals surface area contributed by atoms with Crippen LogP contribution >= 0.6 is 0 Å². The number of nitro benzene ring substituents is 1. The molecule has 0 spiro atoms. The lowest BCUT2D eigenvalue weighted by atomic mass is 9.71. The number of rotatable bonds is 3. The molecule has 2 aliphatic heterocycles. The molecule has 1 aromatic rings. The molecule has 0 unspecified atom stereocenters. The van der Waals surface area contributed by atoms with Gasteiger partial charge in [-0.1, -0.05) is 17.4 Å². The molecule has 1 aromatic carbocycles. The Balaban J connectivity index is 1.45. The Labute approximate surface area is 163 Å². The van der Waals surface area contributed by atoms with Crippen molar-refractivity contribution in [1.82, 2.24) is 4.90 Å². The van der Waals surface area contributed by atoms with Gasteiger partial charge in [-0.25, -0.2) is 5.01 Å². The molecule has 1 saturated heterocycles. The molecule has 2 heterocycles. The van der Waals surface area contributed by atoms with Crippen LogP contribution in [0, 0.1) is 33.8 Å². The van der Waals surface area contributed by atoms with Gasteiger partial charge in [-0.15, -0.1) is 0 Å². The highest BCUT2D eigenvalue weighted by molar-refractivity contribution is 5.55. The summed E-state index contributed by atoms with van der Waals surface area (Å²) in [6, 6.07) is 6.92. The summed E-state index contributed by atoms with van der Waals surface area (Å²) in [6.45, 7) is 3.19. The van der Waals surface area contributed by atoms with Crippen LogP contribution < -0.4 is 5.01 Å². The van der Waals surface area contributed by atoms with Crippen molar-refractivity contribution in [2.24, 2.45) is 34.0 Å². The van der Waals surface area contributed by atoms with Gasteiger partial charge in [0.05, 0.1) is 23.8 Å². The summed E-state index contributed by atoms with van der Waals surface area (Å²) in [6.07, 6.45) is 7.11. The van der Waals surface area contributed by atoms with Crippen molar-refractivity contribution >= 4 is 11.4 Å². The molecule has 0 radical (unpaired) electrons. The maximum atomic E-state index is 11.1. The number of morpholine rings is 1. The fraction of sp³-hybridized carbons (Fsp3) is 0.600. The largest absolute Gasteiger partial charge is 0.379 e. The minimum absolute atomic E-state index is 0.101. The summed E-state index contributed by atoms with van der Waals surface area (Å²) < 4.78 is 5.64. The number of non-ortho nitro benzene ring substituents is 1. The lowest BCUT2D eigenvalue weighted by Crippen LogP contribution is -2.69. The van der Waals surface area contributed by atoms with Gasteiger partial charge in [-0.2, -0.15) is 5.11 Å². The Bertz CT molecular complexity index is 865. The van der Waals surface area contributed by atoms with Crippen molar-refractivity contribution in [3.05, 3.63) is 46.5 Å². The monoisotopic (exact) mass is 381 g/mol. The molecule has 6 rings (SSSR count). The molecule has 146 valence electrons. The molecule has 28 heavy (non-hydrogen) atoms. The number of hydrogen-bond donors (Lipinski definition) is 0. The van der Waals surface area contributed by atoms with Crippen LogP contribution in [0.2, 0.25) is 0 Å². The predicted octanol–water partition coefficient (Wildman–Crippen LogP) is 3.02. The van der Waals surface area contributed by atoms with Crippen LogP contribution in [-0.4, -0.2) is 47.8 Å². The highest BCUT2D eigenvalue weighted by Gasteiger charge is 2.72. The van der Waals surface area contributed by atoms with Gasteiger partial charge in [0.15, 0.2) is 0 Å². The first-order valence-corrected chi connectivity index (χ1v) is 10.2. The number of benzene rings is 1. The SMILES string of the molecule is O=[N+]([O-])c1ccc(N2N=N[C@@H]3[C@@H]4C[C@@H]([C@@H]5C=CC[C@@H]54)[C@@]32N2CCOCC2)cc1. The van der Waals surface area contributed by atoms with E-state index in [0.717, 1.165) is 38.4 Å². The summed E-state index contributed by atoms with van der Waals surface area (Å²) in [5.41, 5.74) is 0.707. The Morgan fingerprint density at radius 1 is 1.18 bits per heavy atom. The molecule has 3 fully saturated rings. The van der Waals surface area contributed by atoms with E-state index >= 15 is 0 Å². The molecule has 0 amide bonds. The van der Waals surface area contributed by atoms with E-state index in [1.807, 2.05) is 12.1 Å². The second kappa shape index (κ2) is 5.84. The first-order chi connectivity index (χ1) is 13.7.